The average molecular weight is 169 g/mol. The van der Waals surface area contributed by atoms with Gasteiger partial charge in [-0.25, -0.2) is 0 Å². The molecule has 3 heteroatoms. The van der Waals surface area contributed by atoms with Crippen molar-refractivity contribution in [1.29, 1.82) is 0 Å². The van der Waals surface area contributed by atoms with Crippen LogP contribution in [0.1, 0.15) is 25.5 Å². The minimum atomic E-state index is -0.306. The van der Waals surface area contributed by atoms with Crippen LogP contribution in [0.2, 0.25) is 0 Å². The third-order valence-corrected chi connectivity index (χ3v) is 1.76. The van der Waals surface area contributed by atoms with E-state index in [-0.39, 0.29) is 12.1 Å². The van der Waals surface area contributed by atoms with Crippen LogP contribution >= 0.6 is 0 Å². The smallest absolute Gasteiger partial charge is 0.0950 e. The average Bonchev–Trinajstić information content (AvgIpc) is 2.51. The van der Waals surface area contributed by atoms with E-state index in [4.69, 9.17) is 9.52 Å². The number of nitrogens with one attached hydrogen (secondary N) is 1. The van der Waals surface area contributed by atoms with E-state index < -0.39 is 0 Å². The van der Waals surface area contributed by atoms with Gasteiger partial charge in [0, 0.05) is 18.2 Å². The number of hydrogen-bond acceptors (Lipinski definition) is 3. The van der Waals surface area contributed by atoms with Crippen molar-refractivity contribution < 1.29 is 9.52 Å². The molecule has 0 aliphatic rings. The van der Waals surface area contributed by atoms with Gasteiger partial charge in [-0.15, -0.1) is 0 Å². The second kappa shape index (κ2) is 4.28. The zero-order valence-electron chi connectivity index (χ0n) is 7.45. The Labute approximate surface area is 72.4 Å². The van der Waals surface area contributed by atoms with Crippen LogP contribution in [0.3, 0.4) is 0 Å². The van der Waals surface area contributed by atoms with Gasteiger partial charge < -0.3 is 14.8 Å². The van der Waals surface area contributed by atoms with Crippen LogP contribution in [0.15, 0.2) is 23.0 Å². The van der Waals surface area contributed by atoms with Crippen LogP contribution in [0.4, 0.5) is 0 Å². The van der Waals surface area contributed by atoms with Crippen molar-refractivity contribution in [3.05, 3.63) is 24.2 Å². The molecule has 1 rings (SSSR count). The van der Waals surface area contributed by atoms with E-state index in [9.17, 15) is 0 Å². The van der Waals surface area contributed by atoms with Gasteiger partial charge in [0.1, 0.15) is 0 Å². The number of aliphatic hydroxyl groups excluding tert-OH is 1. The van der Waals surface area contributed by atoms with Gasteiger partial charge in [0.25, 0.3) is 0 Å². The lowest BCUT2D eigenvalue weighted by Crippen LogP contribution is -2.26. The molecule has 2 atom stereocenters. The summed E-state index contributed by atoms with van der Waals surface area (Å²) < 4.78 is 4.94. The summed E-state index contributed by atoms with van der Waals surface area (Å²) in [6.45, 7) is 4.40. The van der Waals surface area contributed by atoms with Gasteiger partial charge in [-0.05, 0) is 19.9 Å². The Balaban J connectivity index is 2.34. The fraction of sp³-hybridized carbons (Fsp3) is 0.556. The molecule has 1 unspecified atom stereocenters. The first-order valence-corrected chi connectivity index (χ1v) is 4.13. The predicted molar refractivity (Wildman–Crippen MR) is 46.8 cm³/mol. The fourth-order valence-corrected chi connectivity index (χ4v) is 0.987. The summed E-state index contributed by atoms with van der Waals surface area (Å²) in [5.41, 5.74) is 1.11. The van der Waals surface area contributed by atoms with E-state index >= 15 is 0 Å². The summed E-state index contributed by atoms with van der Waals surface area (Å²) in [7, 11) is 0. The van der Waals surface area contributed by atoms with Crippen LogP contribution in [0.5, 0.6) is 0 Å². The van der Waals surface area contributed by atoms with Gasteiger partial charge in [-0.2, -0.15) is 0 Å². The van der Waals surface area contributed by atoms with Gasteiger partial charge in [0.2, 0.25) is 0 Å². The highest BCUT2D eigenvalue weighted by atomic mass is 16.3. The van der Waals surface area contributed by atoms with Gasteiger partial charge >= 0.3 is 0 Å². The van der Waals surface area contributed by atoms with E-state index in [1.54, 1.807) is 19.5 Å². The molecule has 0 fully saturated rings. The second-order valence-electron chi connectivity index (χ2n) is 3.04. The third-order valence-electron chi connectivity index (χ3n) is 1.76. The minimum Gasteiger partial charge on any atom is -0.472 e. The summed E-state index contributed by atoms with van der Waals surface area (Å²) >= 11 is 0. The summed E-state index contributed by atoms with van der Waals surface area (Å²) in [5, 5.41) is 12.2. The number of aliphatic hydroxyl groups is 1. The quantitative estimate of drug-likeness (QED) is 0.714. The first-order valence-electron chi connectivity index (χ1n) is 4.13. The Morgan fingerprint density at radius 2 is 2.33 bits per heavy atom. The van der Waals surface area contributed by atoms with Crippen LogP contribution in [-0.4, -0.2) is 17.8 Å². The number of hydrogen-bond donors (Lipinski definition) is 2. The molecule has 0 radical (unpaired) electrons. The molecule has 0 aromatic carbocycles. The van der Waals surface area contributed by atoms with Gasteiger partial charge in [0.15, 0.2) is 0 Å². The van der Waals surface area contributed by atoms with E-state index in [0.717, 1.165) is 5.56 Å². The Morgan fingerprint density at radius 1 is 1.58 bits per heavy atom. The largest absolute Gasteiger partial charge is 0.472 e. The second-order valence-corrected chi connectivity index (χ2v) is 3.04. The number of rotatable bonds is 4. The van der Waals surface area contributed by atoms with Crippen molar-refractivity contribution >= 4 is 0 Å². The lowest BCUT2D eigenvalue weighted by molar-refractivity contribution is 0.187. The Bertz CT molecular complexity index is 206. The molecule has 2 N–H and O–H groups in total. The number of furan rings is 1. The van der Waals surface area contributed by atoms with E-state index in [1.807, 2.05) is 13.0 Å². The summed E-state index contributed by atoms with van der Waals surface area (Å²) in [6.07, 6.45) is 3.05. The molecule has 12 heavy (non-hydrogen) atoms. The summed E-state index contributed by atoms with van der Waals surface area (Å²) in [6, 6.07) is 2.15. The molecule has 0 amide bonds. The Kier molecular flexibility index (Phi) is 3.31. The van der Waals surface area contributed by atoms with E-state index in [2.05, 4.69) is 5.32 Å². The lowest BCUT2D eigenvalue weighted by Gasteiger charge is -2.12. The molecular formula is C9H15NO2. The lowest BCUT2D eigenvalue weighted by atomic mass is 10.2. The molecule has 3 nitrogen and oxygen atoms in total. The standard InChI is InChI=1S/C9H15NO2/c1-7(11)5-10-8(2)9-3-4-12-6-9/h3-4,6-8,10-11H,5H2,1-2H3/t7-,8?/m0/s1. The first-order chi connectivity index (χ1) is 5.70. The molecule has 0 spiro atoms. The summed E-state index contributed by atoms with van der Waals surface area (Å²) in [4.78, 5) is 0. The van der Waals surface area contributed by atoms with Crippen molar-refractivity contribution in [3.63, 3.8) is 0 Å². The predicted octanol–water partition coefficient (Wildman–Crippen LogP) is 1.31. The van der Waals surface area contributed by atoms with Crippen LogP contribution < -0.4 is 5.32 Å². The topological polar surface area (TPSA) is 45.4 Å². The molecule has 1 heterocycles. The van der Waals surface area contributed by atoms with Crippen LogP contribution in [-0.2, 0) is 0 Å². The highest BCUT2D eigenvalue weighted by Crippen LogP contribution is 2.11. The molecule has 0 saturated heterocycles. The maximum atomic E-state index is 9.01. The van der Waals surface area contributed by atoms with Crippen molar-refractivity contribution in [3.8, 4) is 0 Å². The highest BCUT2D eigenvalue weighted by molar-refractivity contribution is 5.10. The molecule has 0 saturated carbocycles. The van der Waals surface area contributed by atoms with Gasteiger partial charge in [-0.1, -0.05) is 0 Å². The molecule has 1 aromatic heterocycles. The highest BCUT2D eigenvalue weighted by Gasteiger charge is 2.06. The van der Waals surface area contributed by atoms with E-state index in [1.165, 1.54) is 0 Å². The maximum Gasteiger partial charge on any atom is 0.0950 e. The monoisotopic (exact) mass is 169 g/mol. The zero-order chi connectivity index (χ0) is 8.97. The SMILES string of the molecule is CC(NC[C@H](C)O)c1ccoc1. The first kappa shape index (κ1) is 9.29. The van der Waals surface area contributed by atoms with Gasteiger partial charge in [-0.3, -0.25) is 0 Å². The third kappa shape index (κ3) is 2.68. The fourth-order valence-electron chi connectivity index (χ4n) is 0.987. The van der Waals surface area contributed by atoms with E-state index in [0.29, 0.717) is 6.54 Å². The Hall–Kier alpha value is -0.800. The van der Waals surface area contributed by atoms with Gasteiger partial charge in [0.05, 0.1) is 18.6 Å². The molecular weight excluding hydrogens is 154 g/mol. The van der Waals surface area contributed by atoms with Crippen molar-refractivity contribution in [2.45, 2.75) is 26.0 Å². The Morgan fingerprint density at radius 3 is 2.83 bits per heavy atom. The maximum absolute atomic E-state index is 9.01. The van der Waals surface area contributed by atoms with Crippen LogP contribution in [0.25, 0.3) is 0 Å². The minimum absolute atomic E-state index is 0.235. The molecule has 1 aromatic rings. The van der Waals surface area contributed by atoms with Crippen molar-refractivity contribution in [2.24, 2.45) is 0 Å². The zero-order valence-corrected chi connectivity index (χ0v) is 7.45. The molecule has 0 aliphatic heterocycles. The normalized spacial score (nSPS) is 15.9. The summed E-state index contributed by atoms with van der Waals surface area (Å²) in [5.74, 6) is 0. The van der Waals surface area contributed by atoms with Crippen molar-refractivity contribution in [2.75, 3.05) is 6.54 Å². The molecule has 0 aliphatic carbocycles. The molecule has 0 bridgehead atoms. The molecule has 68 valence electrons. The van der Waals surface area contributed by atoms with Crippen molar-refractivity contribution in [1.82, 2.24) is 5.32 Å². The van der Waals surface area contributed by atoms with Crippen LogP contribution in [0, 0.1) is 0 Å².